The number of ketones is 1. The molecular weight excluding hydrogens is 463 g/mol. The second-order valence-corrected chi connectivity index (χ2v) is 9.67. The Morgan fingerprint density at radius 1 is 1.21 bits per heavy atom. The standard InChI is InChI=1S/C20H20F3N5O4S/c1-3-15(30)12-8-24-19(26-18(12)20(21,22)23)27-4-5-28-14-7-16(33(2,31)32)11(10-29)6-13(14)25-17(28)9-27/h6-8,29H,3-5,9-10H2,1-2H3. The molecule has 3 aromatic rings. The third-order valence-corrected chi connectivity index (χ3v) is 6.63. The predicted octanol–water partition coefficient (Wildman–Crippen LogP) is 2.35. The van der Waals surface area contributed by atoms with Crippen LogP contribution in [0.5, 0.6) is 0 Å². The Balaban J connectivity index is 1.74. The summed E-state index contributed by atoms with van der Waals surface area (Å²) >= 11 is 0. The summed E-state index contributed by atoms with van der Waals surface area (Å²) in [4.78, 5) is 25.5. The molecule has 9 nitrogen and oxygen atoms in total. The zero-order valence-electron chi connectivity index (χ0n) is 17.7. The molecule has 0 atom stereocenters. The molecule has 0 radical (unpaired) electrons. The van der Waals surface area contributed by atoms with Gasteiger partial charge in [-0.05, 0) is 17.7 Å². The van der Waals surface area contributed by atoms with Gasteiger partial charge in [-0.2, -0.15) is 13.2 Å². The Bertz CT molecular complexity index is 1370. The van der Waals surface area contributed by atoms with Crippen LogP contribution in [-0.4, -0.2) is 51.6 Å². The van der Waals surface area contributed by atoms with E-state index in [2.05, 4.69) is 15.0 Å². The SMILES string of the molecule is CCC(=O)c1cnc(N2CCn3c(nc4cc(CO)c(S(C)(=O)=O)cc43)C2)nc1C(F)(F)F. The topological polar surface area (TPSA) is 118 Å². The van der Waals surface area contributed by atoms with Crippen LogP contribution >= 0.6 is 0 Å². The number of sulfone groups is 1. The van der Waals surface area contributed by atoms with Gasteiger partial charge in [0, 0.05) is 32.0 Å². The zero-order chi connectivity index (χ0) is 24.1. The van der Waals surface area contributed by atoms with Gasteiger partial charge in [-0.25, -0.2) is 23.4 Å². The lowest BCUT2D eigenvalue weighted by molar-refractivity contribution is -0.141. The highest BCUT2D eigenvalue weighted by Crippen LogP contribution is 2.33. The van der Waals surface area contributed by atoms with E-state index in [1.54, 1.807) is 4.57 Å². The number of imidazole rings is 1. The first-order chi connectivity index (χ1) is 15.4. The van der Waals surface area contributed by atoms with Crippen molar-refractivity contribution in [1.82, 2.24) is 19.5 Å². The Kier molecular flexibility index (Phi) is 5.65. The largest absolute Gasteiger partial charge is 0.434 e. The van der Waals surface area contributed by atoms with E-state index >= 15 is 0 Å². The number of carbonyl (C=O) groups is 1. The molecule has 4 rings (SSSR count). The van der Waals surface area contributed by atoms with Crippen LogP contribution in [0.2, 0.25) is 0 Å². The summed E-state index contributed by atoms with van der Waals surface area (Å²) in [6.07, 6.45) is -2.97. The summed E-state index contributed by atoms with van der Waals surface area (Å²) in [6, 6.07) is 2.94. The Labute approximate surface area is 186 Å². The van der Waals surface area contributed by atoms with Crippen molar-refractivity contribution in [2.75, 3.05) is 17.7 Å². The van der Waals surface area contributed by atoms with Gasteiger partial charge in [-0.3, -0.25) is 4.79 Å². The average Bonchev–Trinajstić information content (AvgIpc) is 3.12. The third kappa shape index (κ3) is 4.17. The summed E-state index contributed by atoms with van der Waals surface area (Å²) < 4.78 is 66.6. The molecule has 1 aliphatic heterocycles. The summed E-state index contributed by atoms with van der Waals surface area (Å²) in [5, 5.41) is 9.57. The first-order valence-corrected chi connectivity index (χ1v) is 11.9. The molecule has 1 N–H and O–H groups in total. The molecule has 0 amide bonds. The number of hydrogen-bond acceptors (Lipinski definition) is 8. The first-order valence-electron chi connectivity index (χ1n) is 9.99. The number of anilines is 1. The van der Waals surface area contributed by atoms with Crippen LogP contribution in [0.3, 0.4) is 0 Å². The number of carbonyl (C=O) groups excluding carboxylic acids is 1. The monoisotopic (exact) mass is 483 g/mol. The highest BCUT2D eigenvalue weighted by Gasteiger charge is 2.38. The minimum atomic E-state index is -4.82. The number of hydrogen-bond donors (Lipinski definition) is 1. The van der Waals surface area contributed by atoms with Crippen molar-refractivity contribution in [3.63, 3.8) is 0 Å². The number of alkyl halides is 3. The Hall–Kier alpha value is -3.06. The van der Waals surface area contributed by atoms with Crippen LogP contribution in [-0.2, 0) is 35.7 Å². The van der Waals surface area contributed by atoms with Gasteiger partial charge in [-0.1, -0.05) is 6.92 Å². The first kappa shape index (κ1) is 23.1. The van der Waals surface area contributed by atoms with Gasteiger partial charge < -0.3 is 14.6 Å². The van der Waals surface area contributed by atoms with Crippen LogP contribution in [0, 0.1) is 0 Å². The lowest BCUT2D eigenvalue weighted by Crippen LogP contribution is -2.35. The van der Waals surface area contributed by atoms with Crippen LogP contribution in [0.15, 0.2) is 23.2 Å². The molecule has 3 heterocycles. The van der Waals surface area contributed by atoms with Gasteiger partial charge in [-0.15, -0.1) is 0 Å². The fourth-order valence-electron chi connectivity index (χ4n) is 3.86. The quantitative estimate of drug-likeness (QED) is 0.550. The predicted molar refractivity (Wildman–Crippen MR) is 111 cm³/mol. The van der Waals surface area contributed by atoms with Gasteiger partial charge in [0.25, 0.3) is 0 Å². The zero-order valence-corrected chi connectivity index (χ0v) is 18.5. The van der Waals surface area contributed by atoms with Crippen molar-refractivity contribution in [1.29, 1.82) is 0 Å². The minimum absolute atomic E-state index is 0.00281. The molecule has 1 aromatic carbocycles. The number of aliphatic hydroxyl groups is 1. The molecule has 0 bridgehead atoms. The Morgan fingerprint density at radius 3 is 2.55 bits per heavy atom. The lowest BCUT2D eigenvalue weighted by Gasteiger charge is -2.28. The van der Waals surface area contributed by atoms with Crippen LogP contribution in [0.25, 0.3) is 11.0 Å². The van der Waals surface area contributed by atoms with Gasteiger partial charge in [0.05, 0.1) is 34.6 Å². The smallest absolute Gasteiger partial charge is 0.392 e. The number of aliphatic hydroxyl groups excluding tert-OH is 1. The minimum Gasteiger partial charge on any atom is -0.392 e. The van der Waals surface area contributed by atoms with Gasteiger partial charge in [0.2, 0.25) is 5.95 Å². The van der Waals surface area contributed by atoms with E-state index < -0.39 is 39.7 Å². The maximum atomic E-state index is 13.5. The number of rotatable bonds is 5. The molecule has 0 unspecified atom stereocenters. The molecule has 0 spiro atoms. The van der Waals surface area contributed by atoms with Gasteiger partial charge >= 0.3 is 6.18 Å². The number of nitrogens with zero attached hydrogens (tertiary/aromatic N) is 5. The van der Waals surface area contributed by atoms with Crippen molar-refractivity contribution in [3.05, 3.63) is 41.0 Å². The van der Waals surface area contributed by atoms with E-state index in [0.717, 1.165) is 12.5 Å². The average molecular weight is 483 g/mol. The van der Waals surface area contributed by atoms with Gasteiger partial charge in [0.1, 0.15) is 5.82 Å². The summed E-state index contributed by atoms with van der Waals surface area (Å²) in [6.45, 7) is 1.60. The maximum Gasteiger partial charge on any atom is 0.434 e. The third-order valence-electron chi connectivity index (χ3n) is 5.45. The van der Waals surface area contributed by atoms with Crippen molar-refractivity contribution in [3.8, 4) is 0 Å². The number of benzene rings is 1. The molecule has 2 aromatic heterocycles. The van der Waals surface area contributed by atoms with Gasteiger partial charge in [0.15, 0.2) is 21.3 Å². The number of fused-ring (bicyclic) bond motifs is 3. The fourth-order valence-corrected chi connectivity index (χ4v) is 4.79. The number of halogens is 3. The van der Waals surface area contributed by atoms with Crippen molar-refractivity contribution >= 4 is 32.6 Å². The van der Waals surface area contributed by atoms with Crippen molar-refractivity contribution in [2.24, 2.45) is 0 Å². The molecular formula is C20H20F3N5O4S. The number of Topliss-reactive ketones (excluding diaryl/α,β-unsaturated/α-hetero) is 1. The highest BCUT2D eigenvalue weighted by molar-refractivity contribution is 7.90. The normalized spacial score (nSPS) is 14.5. The number of aromatic nitrogens is 4. The van der Waals surface area contributed by atoms with Crippen LogP contribution < -0.4 is 4.90 Å². The van der Waals surface area contributed by atoms with Crippen molar-refractivity contribution < 1.29 is 31.5 Å². The lowest BCUT2D eigenvalue weighted by atomic mass is 10.1. The Morgan fingerprint density at radius 2 is 1.94 bits per heavy atom. The molecule has 0 aliphatic carbocycles. The molecule has 13 heteroatoms. The molecule has 0 saturated carbocycles. The maximum absolute atomic E-state index is 13.5. The van der Waals surface area contributed by atoms with Crippen LogP contribution in [0.4, 0.5) is 19.1 Å². The van der Waals surface area contributed by atoms with E-state index in [0.29, 0.717) is 23.4 Å². The molecule has 0 fully saturated rings. The second kappa shape index (κ2) is 8.06. The molecule has 176 valence electrons. The highest BCUT2D eigenvalue weighted by atomic mass is 32.2. The van der Waals surface area contributed by atoms with E-state index in [1.165, 1.54) is 24.0 Å². The fraction of sp³-hybridized carbons (Fsp3) is 0.400. The molecule has 1 aliphatic rings. The summed E-state index contributed by atoms with van der Waals surface area (Å²) in [7, 11) is -3.59. The second-order valence-electron chi connectivity index (χ2n) is 7.69. The molecule has 0 saturated heterocycles. The summed E-state index contributed by atoms with van der Waals surface area (Å²) in [5.41, 5.74) is -0.620. The van der Waals surface area contributed by atoms with E-state index in [9.17, 15) is 31.5 Å². The van der Waals surface area contributed by atoms with E-state index in [-0.39, 0.29) is 35.9 Å². The van der Waals surface area contributed by atoms with E-state index in [4.69, 9.17) is 0 Å². The molecule has 33 heavy (non-hydrogen) atoms. The van der Waals surface area contributed by atoms with Crippen LogP contribution in [0.1, 0.15) is 40.8 Å². The summed E-state index contributed by atoms with van der Waals surface area (Å²) in [5.74, 6) is -0.395. The van der Waals surface area contributed by atoms with E-state index in [1.807, 2.05) is 0 Å². The van der Waals surface area contributed by atoms with Crippen molar-refractivity contribution in [2.45, 2.75) is 44.1 Å².